The fourth-order valence-corrected chi connectivity index (χ4v) is 2.48. The summed E-state index contributed by atoms with van der Waals surface area (Å²) in [5.74, 6) is 0.617. The Morgan fingerprint density at radius 3 is 3.06 bits per heavy atom. The number of hydrogen-bond donors (Lipinski definition) is 1. The second-order valence-electron chi connectivity index (χ2n) is 4.52. The molecule has 2 aromatic rings. The predicted molar refractivity (Wildman–Crippen MR) is 67.8 cm³/mol. The zero-order valence-corrected chi connectivity index (χ0v) is 10.0. The van der Waals surface area contributed by atoms with Gasteiger partial charge in [0.25, 0.3) is 0 Å². The lowest BCUT2D eigenvalue weighted by Gasteiger charge is -2.19. The van der Waals surface area contributed by atoms with Crippen LogP contribution < -0.4 is 10.6 Å². The van der Waals surface area contributed by atoms with Gasteiger partial charge in [0.05, 0.1) is 12.8 Å². The summed E-state index contributed by atoms with van der Waals surface area (Å²) in [5.41, 5.74) is 8.88. The fourth-order valence-electron chi connectivity index (χ4n) is 2.48. The highest BCUT2D eigenvalue weighted by molar-refractivity contribution is 5.58. The zero-order chi connectivity index (χ0) is 12.5. The van der Waals surface area contributed by atoms with Gasteiger partial charge in [-0.2, -0.15) is 0 Å². The maximum atomic E-state index is 13.3. The molecule has 94 valence electrons. The van der Waals surface area contributed by atoms with E-state index in [-0.39, 0.29) is 5.82 Å². The highest BCUT2D eigenvalue weighted by Gasteiger charge is 2.20. The van der Waals surface area contributed by atoms with E-state index in [9.17, 15) is 4.39 Å². The molecule has 0 saturated heterocycles. The van der Waals surface area contributed by atoms with Crippen LogP contribution in [0.3, 0.4) is 0 Å². The largest absolute Gasteiger partial charge is 0.468 e. The molecule has 1 aliphatic heterocycles. The van der Waals surface area contributed by atoms with E-state index in [1.807, 2.05) is 12.1 Å². The molecule has 1 aromatic heterocycles. The van der Waals surface area contributed by atoms with Crippen LogP contribution in [0.5, 0.6) is 0 Å². The minimum atomic E-state index is -0.188. The molecule has 1 aliphatic rings. The molecular weight excluding hydrogens is 231 g/mol. The van der Waals surface area contributed by atoms with E-state index in [4.69, 9.17) is 10.2 Å². The molecule has 0 aliphatic carbocycles. The van der Waals surface area contributed by atoms with Gasteiger partial charge in [0.2, 0.25) is 0 Å². The van der Waals surface area contributed by atoms with E-state index in [1.54, 1.807) is 12.3 Å². The lowest BCUT2D eigenvalue weighted by Crippen LogP contribution is -2.20. The van der Waals surface area contributed by atoms with Crippen LogP contribution in [0.4, 0.5) is 10.1 Å². The van der Waals surface area contributed by atoms with Gasteiger partial charge in [0.15, 0.2) is 0 Å². The first-order valence-electron chi connectivity index (χ1n) is 6.06. The monoisotopic (exact) mass is 246 g/mol. The number of nitrogens with two attached hydrogens (primary N) is 1. The third-order valence-electron chi connectivity index (χ3n) is 3.42. The minimum Gasteiger partial charge on any atom is -0.468 e. The van der Waals surface area contributed by atoms with Crippen LogP contribution in [0.25, 0.3) is 0 Å². The molecule has 3 nitrogen and oxygen atoms in total. The number of benzene rings is 1. The minimum absolute atomic E-state index is 0.188. The number of hydrogen-bond acceptors (Lipinski definition) is 3. The first-order chi connectivity index (χ1) is 8.78. The summed E-state index contributed by atoms with van der Waals surface area (Å²) in [5, 5.41) is 0. The Hall–Kier alpha value is -1.81. The summed E-state index contributed by atoms with van der Waals surface area (Å²) in [4.78, 5) is 2.17. The van der Waals surface area contributed by atoms with Crippen LogP contribution in [0, 0.1) is 5.82 Å². The van der Waals surface area contributed by atoms with Gasteiger partial charge in [-0.1, -0.05) is 6.07 Å². The van der Waals surface area contributed by atoms with E-state index in [0.29, 0.717) is 6.54 Å². The van der Waals surface area contributed by atoms with Gasteiger partial charge < -0.3 is 15.1 Å². The standard InChI is InChI=1S/C14H15FN2O/c15-12-2-1-10-3-5-17(13(10)7-12)9-11-4-6-18-14(11)8-16/h1-2,4,6-7H,3,5,8-9,16H2. The second kappa shape index (κ2) is 4.46. The number of halogens is 1. The van der Waals surface area contributed by atoms with Gasteiger partial charge in [-0.25, -0.2) is 4.39 Å². The van der Waals surface area contributed by atoms with Crippen LogP contribution >= 0.6 is 0 Å². The SMILES string of the molecule is NCc1occc1CN1CCc2ccc(F)cc21. The van der Waals surface area contributed by atoms with E-state index in [1.165, 1.54) is 11.6 Å². The van der Waals surface area contributed by atoms with Crippen molar-refractivity contribution in [2.75, 3.05) is 11.4 Å². The zero-order valence-electron chi connectivity index (χ0n) is 10.0. The highest BCUT2D eigenvalue weighted by atomic mass is 19.1. The number of anilines is 1. The Morgan fingerprint density at radius 2 is 2.22 bits per heavy atom. The predicted octanol–water partition coefficient (Wildman–Crippen LogP) is 2.44. The van der Waals surface area contributed by atoms with Crippen molar-refractivity contribution < 1.29 is 8.81 Å². The molecule has 0 saturated carbocycles. The summed E-state index contributed by atoms with van der Waals surface area (Å²) in [6.45, 7) is 2.03. The first-order valence-corrected chi connectivity index (χ1v) is 6.06. The van der Waals surface area contributed by atoms with Crippen molar-refractivity contribution in [3.05, 3.63) is 53.2 Å². The summed E-state index contributed by atoms with van der Waals surface area (Å²) in [6.07, 6.45) is 2.62. The molecule has 2 N–H and O–H groups in total. The van der Waals surface area contributed by atoms with Gasteiger partial charge >= 0.3 is 0 Å². The summed E-state index contributed by atoms with van der Waals surface area (Å²) >= 11 is 0. The summed E-state index contributed by atoms with van der Waals surface area (Å²) in [7, 11) is 0. The third-order valence-corrected chi connectivity index (χ3v) is 3.42. The lowest BCUT2D eigenvalue weighted by atomic mass is 10.1. The van der Waals surface area contributed by atoms with Gasteiger partial charge in [-0.15, -0.1) is 0 Å². The average molecular weight is 246 g/mol. The third kappa shape index (κ3) is 1.88. The van der Waals surface area contributed by atoms with E-state index in [0.717, 1.165) is 36.5 Å². The van der Waals surface area contributed by atoms with Crippen molar-refractivity contribution in [3.63, 3.8) is 0 Å². The van der Waals surface area contributed by atoms with Crippen molar-refractivity contribution in [1.29, 1.82) is 0 Å². The maximum Gasteiger partial charge on any atom is 0.125 e. The van der Waals surface area contributed by atoms with Crippen LogP contribution in [0.15, 0.2) is 34.9 Å². The molecule has 2 heterocycles. The van der Waals surface area contributed by atoms with Crippen LogP contribution in [-0.4, -0.2) is 6.54 Å². The van der Waals surface area contributed by atoms with E-state index < -0.39 is 0 Å². The molecule has 0 unspecified atom stereocenters. The Balaban J connectivity index is 1.86. The Kier molecular flexibility index (Phi) is 2.80. The quantitative estimate of drug-likeness (QED) is 0.904. The normalized spacial score (nSPS) is 14.0. The smallest absolute Gasteiger partial charge is 0.125 e. The molecule has 0 fully saturated rings. The van der Waals surface area contributed by atoms with Gasteiger partial charge in [0.1, 0.15) is 11.6 Å². The number of furan rings is 1. The molecule has 0 bridgehead atoms. The van der Waals surface area contributed by atoms with Crippen molar-refractivity contribution in [2.24, 2.45) is 5.73 Å². The van der Waals surface area contributed by atoms with Crippen molar-refractivity contribution in [2.45, 2.75) is 19.5 Å². The number of fused-ring (bicyclic) bond motifs is 1. The lowest BCUT2D eigenvalue weighted by molar-refractivity contribution is 0.507. The van der Waals surface area contributed by atoms with Gasteiger partial charge in [0, 0.05) is 24.3 Å². The van der Waals surface area contributed by atoms with Crippen LogP contribution in [0.1, 0.15) is 16.9 Å². The Labute approximate surface area is 105 Å². The second-order valence-corrected chi connectivity index (χ2v) is 4.52. The fraction of sp³-hybridized carbons (Fsp3) is 0.286. The molecular formula is C14H15FN2O. The molecule has 0 spiro atoms. The molecule has 18 heavy (non-hydrogen) atoms. The first kappa shape index (κ1) is 11.3. The van der Waals surface area contributed by atoms with Crippen LogP contribution in [0.2, 0.25) is 0 Å². The van der Waals surface area contributed by atoms with Gasteiger partial charge in [-0.3, -0.25) is 0 Å². The molecule has 1 aromatic carbocycles. The average Bonchev–Trinajstić information content (AvgIpc) is 2.97. The van der Waals surface area contributed by atoms with Crippen LogP contribution in [-0.2, 0) is 19.5 Å². The number of rotatable bonds is 3. The molecule has 3 rings (SSSR count). The Bertz CT molecular complexity index is 565. The van der Waals surface area contributed by atoms with E-state index in [2.05, 4.69) is 4.90 Å². The van der Waals surface area contributed by atoms with E-state index >= 15 is 0 Å². The maximum absolute atomic E-state index is 13.3. The molecule has 0 atom stereocenters. The molecule has 0 amide bonds. The highest BCUT2D eigenvalue weighted by Crippen LogP contribution is 2.30. The molecule has 4 heteroatoms. The topological polar surface area (TPSA) is 42.4 Å². The van der Waals surface area contributed by atoms with Gasteiger partial charge in [-0.05, 0) is 30.2 Å². The van der Waals surface area contributed by atoms with Crippen molar-refractivity contribution in [1.82, 2.24) is 0 Å². The molecule has 0 radical (unpaired) electrons. The number of nitrogens with zero attached hydrogens (tertiary/aromatic N) is 1. The Morgan fingerprint density at radius 1 is 1.33 bits per heavy atom. The summed E-state index contributed by atoms with van der Waals surface area (Å²) < 4.78 is 18.6. The van der Waals surface area contributed by atoms with Crippen molar-refractivity contribution in [3.8, 4) is 0 Å². The summed E-state index contributed by atoms with van der Waals surface area (Å²) in [6, 6.07) is 6.92. The van der Waals surface area contributed by atoms with Crippen molar-refractivity contribution >= 4 is 5.69 Å².